The molecule has 0 fully saturated rings. The quantitative estimate of drug-likeness (QED) is 0.282. The molecule has 0 rings (SSSR count). The van der Waals surface area contributed by atoms with E-state index >= 15 is 0 Å². The van der Waals surface area contributed by atoms with Crippen molar-refractivity contribution in [2.24, 2.45) is 0 Å². The Hall–Kier alpha value is -1.34. The largest absolute Gasteiger partial charge is 0.432 e. The van der Waals surface area contributed by atoms with Crippen LogP contribution in [0.4, 0.5) is 0 Å². The minimum atomic E-state index is -0.713. The summed E-state index contributed by atoms with van der Waals surface area (Å²) in [5.41, 5.74) is -0.205. The van der Waals surface area contributed by atoms with Crippen molar-refractivity contribution in [3.63, 3.8) is 0 Å². The fourth-order valence-electron chi connectivity index (χ4n) is 0.721. The highest BCUT2D eigenvalue weighted by Gasteiger charge is 2.14. The second kappa shape index (κ2) is 7.10. The summed E-state index contributed by atoms with van der Waals surface area (Å²) in [5.74, 6) is -0.713. The molecule has 0 bridgehead atoms. The molecule has 78 valence electrons. The molecule has 0 aliphatic rings. The lowest BCUT2D eigenvalue weighted by Crippen LogP contribution is -2.21. The van der Waals surface area contributed by atoms with Gasteiger partial charge in [0.25, 0.3) is 0 Å². The molecule has 0 N–H and O–H groups in total. The van der Waals surface area contributed by atoms with E-state index in [1.807, 2.05) is 13.8 Å². The Morgan fingerprint density at radius 2 is 2.21 bits per heavy atom. The summed E-state index contributed by atoms with van der Waals surface area (Å²) in [5, 5.41) is 8.38. The number of carbonyl (C=O) groups excluding carboxylic acids is 1. The minimum absolute atomic E-state index is 0.205. The highest BCUT2D eigenvalue weighted by atomic mass is 16.7. The number of rotatable bonds is 6. The average molecular weight is 197 g/mol. The molecule has 0 aromatic rings. The summed E-state index contributed by atoms with van der Waals surface area (Å²) >= 11 is 0. The molecule has 14 heavy (non-hydrogen) atoms. The zero-order valence-corrected chi connectivity index (χ0v) is 8.58. The first kappa shape index (κ1) is 12.7. The van der Waals surface area contributed by atoms with E-state index in [-0.39, 0.29) is 5.57 Å². The molecule has 0 radical (unpaired) electrons. The molecule has 0 heterocycles. The topological polar surface area (TPSA) is 59.3 Å². The van der Waals surface area contributed by atoms with Gasteiger partial charge in [-0.1, -0.05) is 20.4 Å². The van der Waals surface area contributed by atoms with Crippen LogP contribution in [0.25, 0.3) is 0 Å². The monoisotopic (exact) mass is 197 g/mol. The Kier molecular flexibility index (Phi) is 6.42. The molecular formula is C10H15NO3. The SMILES string of the molecule is C=C(C#N)C(=O)OC(CC)OCCC. The van der Waals surface area contributed by atoms with E-state index in [9.17, 15) is 4.79 Å². The number of nitriles is 1. The smallest absolute Gasteiger partial charge is 0.350 e. The molecule has 0 aliphatic carbocycles. The molecule has 0 spiro atoms. The first-order valence-electron chi connectivity index (χ1n) is 4.57. The first-order chi connectivity index (χ1) is 6.65. The summed E-state index contributed by atoms with van der Waals surface area (Å²) in [7, 11) is 0. The zero-order chi connectivity index (χ0) is 11.0. The van der Waals surface area contributed by atoms with Crippen LogP contribution >= 0.6 is 0 Å². The van der Waals surface area contributed by atoms with Crippen LogP contribution in [0.15, 0.2) is 12.2 Å². The van der Waals surface area contributed by atoms with Gasteiger partial charge >= 0.3 is 5.97 Å². The highest BCUT2D eigenvalue weighted by Crippen LogP contribution is 2.04. The van der Waals surface area contributed by atoms with Gasteiger partial charge in [0.05, 0.1) is 6.61 Å². The standard InChI is InChI=1S/C10H15NO3/c1-4-6-13-9(5-2)14-10(12)8(3)7-11/h9H,3-6H2,1-2H3. The van der Waals surface area contributed by atoms with Gasteiger partial charge in [0, 0.05) is 6.42 Å². The van der Waals surface area contributed by atoms with Crippen molar-refractivity contribution in [2.75, 3.05) is 6.61 Å². The Balaban J connectivity index is 3.99. The van der Waals surface area contributed by atoms with Crippen molar-refractivity contribution >= 4 is 5.97 Å². The van der Waals surface area contributed by atoms with Crippen molar-refractivity contribution in [1.82, 2.24) is 0 Å². The average Bonchev–Trinajstić information content (AvgIpc) is 2.22. The number of esters is 1. The molecule has 4 nitrogen and oxygen atoms in total. The second-order valence-corrected chi connectivity index (χ2v) is 2.70. The van der Waals surface area contributed by atoms with Crippen LogP contribution in [0.1, 0.15) is 26.7 Å². The third-order valence-electron chi connectivity index (χ3n) is 1.46. The van der Waals surface area contributed by atoms with Gasteiger partial charge in [0.2, 0.25) is 6.29 Å². The van der Waals surface area contributed by atoms with E-state index in [4.69, 9.17) is 14.7 Å². The molecule has 1 atom stereocenters. The van der Waals surface area contributed by atoms with Crippen molar-refractivity contribution in [3.8, 4) is 6.07 Å². The van der Waals surface area contributed by atoms with E-state index in [0.29, 0.717) is 13.0 Å². The number of hydrogen-bond donors (Lipinski definition) is 0. The lowest BCUT2D eigenvalue weighted by atomic mass is 10.3. The maximum atomic E-state index is 11.1. The summed E-state index contributed by atoms with van der Waals surface area (Å²) in [6.45, 7) is 7.58. The molecule has 0 saturated heterocycles. The van der Waals surface area contributed by atoms with Gasteiger partial charge in [-0.25, -0.2) is 4.79 Å². The number of nitrogens with zero attached hydrogens (tertiary/aromatic N) is 1. The fourth-order valence-corrected chi connectivity index (χ4v) is 0.721. The van der Waals surface area contributed by atoms with Crippen LogP contribution < -0.4 is 0 Å². The zero-order valence-electron chi connectivity index (χ0n) is 8.58. The molecule has 0 aromatic carbocycles. The number of ether oxygens (including phenoxy) is 2. The van der Waals surface area contributed by atoms with E-state index in [1.165, 1.54) is 0 Å². The lowest BCUT2D eigenvalue weighted by Gasteiger charge is -2.15. The van der Waals surface area contributed by atoms with Crippen LogP contribution in [0.3, 0.4) is 0 Å². The molecule has 1 unspecified atom stereocenters. The van der Waals surface area contributed by atoms with Crippen LogP contribution in [0.2, 0.25) is 0 Å². The molecule has 4 heteroatoms. The van der Waals surface area contributed by atoms with Crippen molar-refractivity contribution < 1.29 is 14.3 Å². The van der Waals surface area contributed by atoms with Crippen molar-refractivity contribution in [3.05, 3.63) is 12.2 Å². The predicted octanol–water partition coefficient (Wildman–Crippen LogP) is 1.77. The Morgan fingerprint density at radius 3 is 2.64 bits per heavy atom. The lowest BCUT2D eigenvalue weighted by molar-refractivity contribution is -0.174. The second-order valence-electron chi connectivity index (χ2n) is 2.70. The molecule has 0 saturated carbocycles. The van der Waals surface area contributed by atoms with Gasteiger partial charge in [-0.3, -0.25) is 0 Å². The normalized spacial score (nSPS) is 11.5. The summed E-state index contributed by atoms with van der Waals surface area (Å²) in [6, 6.07) is 1.63. The summed E-state index contributed by atoms with van der Waals surface area (Å²) in [4.78, 5) is 11.1. The summed E-state index contributed by atoms with van der Waals surface area (Å²) in [6.07, 6.45) is 0.838. The minimum Gasteiger partial charge on any atom is -0.432 e. The third kappa shape index (κ3) is 4.63. The van der Waals surface area contributed by atoms with Crippen LogP contribution in [-0.2, 0) is 14.3 Å². The van der Waals surface area contributed by atoms with Gasteiger partial charge in [0.1, 0.15) is 11.6 Å². The van der Waals surface area contributed by atoms with E-state index in [2.05, 4.69) is 6.58 Å². The fraction of sp³-hybridized carbons (Fsp3) is 0.600. The molecule has 0 amide bonds. The van der Waals surface area contributed by atoms with Crippen LogP contribution in [0.5, 0.6) is 0 Å². The van der Waals surface area contributed by atoms with Gasteiger partial charge in [-0.05, 0) is 6.42 Å². The van der Waals surface area contributed by atoms with E-state index < -0.39 is 12.3 Å². The maximum absolute atomic E-state index is 11.1. The Bertz CT molecular complexity index is 242. The highest BCUT2D eigenvalue weighted by molar-refractivity contribution is 5.91. The van der Waals surface area contributed by atoms with Crippen molar-refractivity contribution in [2.45, 2.75) is 33.0 Å². The van der Waals surface area contributed by atoms with Gasteiger partial charge in [0.15, 0.2) is 0 Å². The van der Waals surface area contributed by atoms with Gasteiger partial charge in [-0.2, -0.15) is 5.26 Å². The molecule has 0 aromatic heterocycles. The number of carbonyl (C=O) groups is 1. The van der Waals surface area contributed by atoms with Gasteiger partial charge in [-0.15, -0.1) is 0 Å². The predicted molar refractivity (Wildman–Crippen MR) is 51.2 cm³/mol. The Morgan fingerprint density at radius 1 is 1.57 bits per heavy atom. The maximum Gasteiger partial charge on any atom is 0.350 e. The third-order valence-corrected chi connectivity index (χ3v) is 1.46. The van der Waals surface area contributed by atoms with Crippen LogP contribution in [-0.4, -0.2) is 18.9 Å². The van der Waals surface area contributed by atoms with Gasteiger partial charge < -0.3 is 9.47 Å². The number of hydrogen-bond acceptors (Lipinski definition) is 4. The van der Waals surface area contributed by atoms with E-state index in [1.54, 1.807) is 6.07 Å². The van der Waals surface area contributed by atoms with E-state index in [0.717, 1.165) is 6.42 Å². The van der Waals surface area contributed by atoms with Crippen LogP contribution in [0, 0.1) is 11.3 Å². The Labute approximate surface area is 84.1 Å². The molecular weight excluding hydrogens is 182 g/mol. The van der Waals surface area contributed by atoms with Crippen molar-refractivity contribution in [1.29, 1.82) is 5.26 Å². The summed E-state index contributed by atoms with van der Waals surface area (Å²) < 4.78 is 10.1. The molecule has 0 aliphatic heterocycles. The first-order valence-corrected chi connectivity index (χ1v) is 4.57.